The van der Waals surface area contributed by atoms with Crippen LogP contribution in [0.15, 0.2) is 198 Å². The normalized spacial score (nSPS) is 14.4. The van der Waals surface area contributed by atoms with Crippen molar-refractivity contribution in [1.82, 2.24) is 28.4 Å². The first-order valence-electron chi connectivity index (χ1n) is 35.0. The van der Waals surface area contributed by atoms with Crippen LogP contribution in [0.5, 0.6) is 0 Å². The number of rotatable bonds is 17. The van der Waals surface area contributed by atoms with Crippen LogP contribution in [0.3, 0.4) is 0 Å². The molecule has 4 fully saturated rings. The van der Waals surface area contributed by atoms with E-state index in [0.29, 0.717) is 119 Å². The highest BCUT2D eigenvalue weighted by Gasteiger charge is 2.36. The van der Waals surface area contributed by atoms with Gasteiger partial charge in [-0.25, -0.2) is 9.59 Å². The van der Waals surface area contributed by atoms with Crippen LogP contribution >= 0.6 is 22.7 Å². The summed E-state index contributed by atoms with van der Waals surface area (Å²) in [6, 6.07) is 45.2. The van der Waals surface area contributed by atoms with E-state index in [1.54, 1.807) is 65.8 Å². The van der Waals surface area contributed by atoms with E-state index in [0.717, 1.165) is 63.5 Å². The van der Waals surface area contributed by atoms with Gasteiger partial charge in [0.25, 0.3) is 28.8 Å². The summed E-state index contributed by atoms with van der Waals surface area (Å²) in [5.74, 6) is -1.12. The number of piperazine rings is 3. The Hall–Kier alpha value is -11.4. The largest absolute Gasteiger partial charge is 0.472 e. The number of esters is 2. The predicted octanol–water partition coefficient (Wildman–Crippen LogP) is 13.8. The zero-order valence-electron chi connectivity index (χ0n) is 57.7. The fraction of sp³-hybridized carbons (Fsp3) is 0.333. The summed E-state index contributed by atoms with van der Waals surface area (Å²) in [5, 5.41) is 18.2. The van der Waals surface area contributed by atoms with Gasteiger partial charge < -0.3 is 56.8 Å². The van der Waals surface area contributed by atoms with Crippen LogP contribution in [0, 0.1) is 10.1 Å². The maximum atomic E-state index is 13.9. The highest BCUT2D eigenvalue weighted by molar-refractivity contribution is 7.12. The summed E-state index contributed by atoms with van der Waals surface area (Å²) in [6.45, 7) is 10.0. The molecule has 15 rings (SSSR count). The van der Waals surface area contributed by atoms with Crippen LogP contribution in [0.1, 0.15) is 130 Å². The van der Waals surface area contributed by atoms with Crippen LogP contribution in [-0.2, 0) is 29.0 Å². The minimum atomic E-state index is -0.677. The number of thiophene rings is 2. The molecule has 0 radical (unpaired) electrons. The Morgan fingerprint density at radius 1 is 0.495 bits per heavy atom. The molecule has 3 saturated heterocycles. The number of carbonyl (C=O) groups excluding carboxylic acids is 5. The van der Waals surface area contributed by atoms with Crippen molar-refractivity contribution in [2.75, 3.05) is 106 Å². The number of anilines is 3. The van der Waals surface area contributed by atoms with Gasteiger partial charge in [0.05, 0.1) is 81.2 Å². The molecule has 0 N–H and O–H groups in total. The van der Waals surface area contributed by atoms with E-state index in [1.165, 1.54) is 46.0 Å². The van der Waals surface area contributed by atoms with E-state index >= 15 is 0 Å². The van der Waals surface area contributed by atoms with E-state index in [1.807, 2.05) is 133 Å². The third kappa shape index (κ3) is 16.5. The van der Waals surface area contributed by atoms with Gasteiger partial charge in [-0.2, -0.15) is 0 Å². The maximum absolute atomic E-state index is 13.9. The van der Waals surface area contributed by atoms with Gasteiger partial charge in [-0.1, -0.05) is 132 Å². The van der Waals surface area contributed by atoms with Crippen LogP contribution in [-0.4, -0.2) is 155 Å². The van der Waals surface area contributed by atoms with E-state index in [9.17, 15) is 48.5 Å². The Balaban J connectivity index is 0.000000169. The Morgan fingerprint density at radius 2 is 0.963 bits per heavy atom. The smallest absolute Gasteiger partial charge is 0.357 e. The molecule has 0 bridgehead atoms. The number of pyridine rings is 3. The summed E-state index contributed by atoms with van der Waals surface area (Å²) < 4.78 is 26.0. The minimum Gasteiger partial charge on any atom is -0.472 e. The second-order valence-electron chi connectivity index (χ2n) is 25.5. The number of fused-ring (bicyclic) bond motifs is 3. The zero-order valence-corrected chi connectivity index (χ0v) is 59.3. The summed E-state index contributed by atoms with van der Waals surface area (Å²) >= 11 is 2.87. The number of nitro groups is 1. The summed E-state index contributed by atoms with van der Waals surface area (Å²) in [5.41, 5.74) is 4.02. The number of furan rings is 2. The fourth-order valence-electron chi connectivity index (χ4n) is 14.5. The molecule has 10 heterocycles. The SMILES string of the molecule is C.C.C.CCOC(=O)c1c(N2CCN(C(=O)c3cccs3)CC2)c2ccccc2n(C2CCCC2)c1=O.CCOC(=O)c1c(N2CCN(C(=O)c3cccs3)CC2)c2ccccc2n(CCc2ccccc2)c1=O.O=C(c1ccco1)N1CCN(c2c([N+](=O)[O-])c(=O)n(Cc3ccoc3)c3ccccc23)CC1. The molecular formula is C81H90N10O14S2. The van der Waals surface area contributed by atoms with Crippen LogP contribution < -0.4 is 31.4 Å². The molecule has 4 aromatic carbocycles. The topological polar surface area (TPSA) is 259 Å². The number of carbonyl (C=O) groups is 5. The molecule has 0 spiro atoms. The zero-order chi connectivity index (χ0) is 72.4. The highest BCUT2D eigenvalue weighted by Crippen LogP contribution is 2.38. The van der Waals surface area contributed by atoms with Crippen molar-refractivity contribution in [3.8, 4) is 0 Å². The predicted molar refractivity (Wildman–Crippen MR) is 421 cm³/mol. The van der Waals surface area contributed by atoms with Gasteiger partial charge in [-0.15, -0.1) is 22.7 Å². The molecule has 11 aromatic rings. The van der Waals surface area contributed by atoms with Crippen molar-refractivity contribution in [2.45, 2.75) is 87.4 Å². The maximum Gasteiger partial charge on any atom is 0.357 e. The van der Waals surface area contributed by atoms with Crippen molar-refractivity contribution in [1.29, 1.82) is 0 Å². The summed E-state index contributed by atoms with van der Waals surface area (Å²) in [7, 11) is 0. The molecule has 4 aliphatic rings. The lowest BCUT2D eigenvalue weighted by atomic mass is 10.0. The molecule has 107 heavy (non-hydrogen) atoms. The van der Waals surface area contributed by atoms with Crippen LogP contribution in [0.2, 0.25) is 0 Å². The first-order chi connectivity index (χ1) is 50.7. The average molecular weight is 1490 g/mol. The molecule has 0 unspecified atom stereocenters. The van der Waals surface area contributed by atoms with Gasteiger partial charge in [0.2, 0.25) is 0 Å². The van der Waals surface area contributed by atoms with Gasteiger partial charge >= 0.3 is 23.2 Å². The highest BCUT2D eigenvalue weighted by atomic mass is 32.1. The Morgan fingerprint density at radius 3 is 1.44 bits per heavy atom. The molecule has 26 heteroatoms. The number of amides is 3. The first-order valence-corrected chi connectivity index (χ1v) is 36.7. The molecule has 24 nitrogen and oxygen atoms in total. The molecule has 560 valence electrons. The summed E-state index contributed by atoms with van der Waals surface area (Å²) in [6.07, 6.45) is 9.16. The lowest BCUT2D eigenvalue weighted by Crippen LogP contribution is -2.49. The molecule has 1 aliphatic carbocycles. The molecule has 3 aliphatic heterocycles. The number of hydrogen-bond donors (Lipinski definition) is 0. The van der Waals surface area contributed by atoms with E-state index in [4.69, 9.17) is 18.3 Å². The number of benzene rings is 4. The summed E-state index contributed by atoms with van der Waals surface area (Å²) in [4.78, 5) is 130. The average Bonchev–Trinajstić information content (AvgIpc) is 1.40. The van der Waals surface area contributed by atoms with Gasteiger partial charge in [-0.05, 0) is 98.0 Å². The van der Waals surface area contributed by atoms with Gasteiger partial charge in [0, 0.05) is 113 Å². The lowest BCUT2D eigenvalue weighted by Gasteiger charge is -2.37. The van der Waals surface area contributed by atoms with E-state index in [2.05, 4.69) is 9.80 Å². The van der Waals surface area contributed by atoms with Crippen molar-refractivity contribution >= 4 is 108 Å². The number of aromatic nitrogens is 3. The van der Waals surface area contributed by atoms with Crippen molar-refractivity contribution < 1.29 is 47.2 Å². The molecular weight excluding hydrogens is 1400 g/mol. The van der Waals surface area contributed by atoms with Crippen molar-refractivity contribution in [3.63, 3.8) is 0 Å². The Kier molecular flexibility index (Phi) is 26.0. The molecule has 3 amide bonds. The minimum absolute atomic E-state index is 0. The quantitative estimate of drug-likeness (QED) is 0.0466. The van der Waals surface area contributed by atoms with Crippen LogP contribution in [0.25, 0.3) is 32.7 Å². The number of hydrogen-bond acceptors (Lipinski definition) is 19. The van der Waals surface area contributed by atoms with Gasteiger partial charge in [0.1, 0.15) is 16.8 Å². The van der Waals surface area contributed by atoms with Crippen molar-refractivity contribution in [3.05, 3.63) is 254 Å². The Bertz CT molecular complexity index is 5090. The Labute approximate surface area is 627 Å². The molecule has 7 aromatic heterocycles. The number of nitrogens with zero attached hydrogens (tertiary/aromatic N) is 10. The lowest BCUT2D eigenvalue weighted by molar-refractivity contribution is -0.385. The second kappa shape index (κ2) is 35.6. The number of aryl methyl sites for hydroxylation is 2. The fourth-order valence-corrected chi connectivity index (χ4v) is 15.8. The second-order valence-corrected chi connectivity index (χ2v) is 27.4. The third-order valence-corrected chi connectivity index (χ3v) is 21.1. The van der Waals surface area contributed by atoms with Gasteiger partial charge in [0.15, 0.2) is 5.76 Å². The van der Waals surface area contributed by atoms with Crippen LogP contribution in [0.4, 0.5) is 22.7 Å². The number of ether oxygens (including phenoxy) is 2. The molecule has 1 saturated carbocycles. The van der Waals surface area contributed by atoms with Gasteiger partial charge in [-0.3, -0.25) is 43.4 Å². The van der Waals surface area contributed by atoms with E-state index in [-0.39, 0.29) is 99.5 Å². The van der Waals surface area contributed by atoms with E-state index < -0.39 is 28.1 Å². The standard InChI is InChI=1S/C29H29N3O4S.C26H29N3O4S.C23H20N4O6.3CH4/c1-2-36-29(35)25-26(30-16-18-31(19-17-30)27(33)24-13-8-20-37-24)22-11-6-7-12-23(22)32(28(25)34)15-14-21-9-4-3-5-10-21;1-2-33-26(32)22-23(27-13-15-28(16-14-27)24(30)21-12-7-17-34-21)19-10-5-6-11-20(19)29(25(22)31)18-8-3-4-9-18;28-22(19-6-3-12-33-19)25-10-8-24(9-11-25)20-17-4-1-2-5-18(17)26(14-16-7-13-32-15-16)23(29)21(20)27(30)31;;;/h3-13,20H,2,14-19H2,1H3;5-7,10-12,17-18H,2-4,8-9,13-16H2,1H3;1-7,12-13,15H,8-11,14H2;3*1H4. The number of para-hydroxylation sites is 3. The third-order valence-electron chi connectivity index (χ3n) is 19.4. The monoisotopic (exact) mass is 1490 g/mol. The first kappa shape index (κ1) is 78.2. The molecule has 0 atom stereocenters. The van der Waals surface area contributed by atoms with Crippen molar-refractivity contribution in [2.24, 2.45) is 0 Å².